The summed E-state index contributed by atoms with van der Waals surface area (Å²) < 4.78 is 0. The number of aryl methyl sites for hydroxylation is 1. The topological polar surface area (TPSA) is 23.5 Å². The lowest BCUT2D eigenvalue weighted by atomic mass is 10.1. The van der Waals surface area contributed by atoms with Gasteiger partial charge in [-0.3, -0.25) is 0 Å². The van der Waals surface area contributed by atoms with Crippen LogP contribution in [0, 0.1) is 0 Å². The summed E-state index contributed by atoms with van der Waals surface area (Å²) in [6, 6.07) is 11.3. The van der Waals surface area contributed by atoms with Crippen molar-refractivity contribution in [2.75, 3.05) is 13.1 Å². The third kappa shape index (κ3) is 4.11. The van der Waals surface area contributed by atoms with Crippen molar-refractivity contribution in [3.05, 3.63) is 35.9 Å². The molecule has 2 nitrogen and oxygen atoms in total. The molecule has 2 atom stereocenters. The Morgan fingerprint density at radius 1 is 1.33 bits per heavy atom. The molecule has 2 unspecified atom stereocenters. The third-order valence-corrected chi connectivity index (χ3v) is 3.87. The summed E-state index contributed by atoms with van der Waals surface area (Å²) in [5.41, 5.74) is 1.43. The van der Waals surface area contributed by atoms with Crippen LogP contribution >= 0.6 is 0 Å². The SMILES string of the molecule is CC(O)CC1CCCN1CCCc1ccccc1. The second-order valence-electron chi connectivity index (χ2n) is 5.51. The van der Waals surface area contributed by atoms with Crippen molar-refractivity contribution >= 4 is 0 Å². The number of benzene rings is 1. The average molecular weight is 247 g/mol. The van der Waals surface area contributed by atoms with E-state index in [9.17, 15) is 5.11 Å². The Morgan fingerprint density at radius 3 is 2.83 bits per heavy atom. The van der Waals surface area contributed by atoms with Crippen molar-refractivity contribution < 1.29 is 5.11 Å². The summed E-state index contributed by atoms with van der Waals surface area (Å²) in [5, 5.41) is 9.51. The highest BCUT2D eigenvalue weighted by Crippen LogP contribution is 2.21. The molecule has 100 valence electrons. The zero-order valence-electron chi connectivity index (χ0n) is 11.4. The van der Waals surface area contributed by atoms with Crippen LogP contribution in [0.3, 0.4) is 0 Å². The lowest BCUT2D eigenvalue weighted by Gasteiger charge is -2.25. The molecule has 0 saturated carbocycles. The van der Waals surface area contributed by atoms with Gasteiger partial charge in [-0.1, -0.05) is 30.3 Å². The summed E-state index contributed by atoms with van der Waals surface area (Å²) in [7, 11) is 0. The smallest absolute Gasteiger partial charge is 0.0527 e. The Hall–Kier alpha value is -0.860. The molecule has 1 aliphatic rings. The van der Waals surface area contributed by atoms with Crippen molar-refractivity contribution in [2.45, 2.75) is 51.2 Å². The van der Waals surface area contributed by atoms with E-state index in [1.807, 2.05) is 6.92 Å². The first-order chi connectivity index (χ1) is 8.75. The van der Waals surface area contributed by atoms with E-state index in [-0.39, 0.29) is 6.10 Å². The quantitative estimate of drug-likeness (QED) is 0.835. The molecule has 0 spiro atoms. The standard InChI is InChI=1S/C16H25NO/c1-14(18)13-16-10-6-12-17(16)11-5-9-15-7-3-2-4-8-15/h2-4,7-8,14,16,18H,5-6,9-13H2,1H3. The second kappa shape index (κ2) is 6.91. The fourth-order valence-electron chi connectivity index (χ4n) is 2.98. The van der Waals surface area contributed by atoms with Crippen molar-refractivity contribution in [2.24, 2.45) is 0 Å². The number of likely N-dealkylation sites (tertiary alicyclic amines) is 1. The van der Waals surface area contributed by atoms with Gasteiger partial charge >= 0.3 is 0 Å². The molecule has 1 aromatic rings. The summed E-state index contributed by atoms with van der Waals surface area (Å²) in [5.74, 6) is 0. The van der Waals surface area contributed by atoms with Gasteiger partial charge in [0.25, 0.3) is 0 Å². The van der Waals surface area contributed by atoms with Gasteiger partial charge in [0.2, 0.25) is 0 Å². The van der Waals surface area contributed by atoms with Crippen LogP contribution in [0.4, 0.5) is 0 Å². The van der Waals surface area contributed by atoms with Gasteiger partial charge in [0.1, 0.15) is 0 Å². The summed E-state index contributed by atoms with van der Waals surface area (Å²) in [6.07, 6.45) is 5.72. The summed E-state index contributed by atoms with van der Waals surface area (Å²) >= 11 is 0. The highest BCUT2D eigenvalue weighted by atomic mass is 16.3. The molecule has 0 aromatic heterocycles. The maximum Gasteiger partial charge on any atom is 0.0527 e. The fraction of sp³-hybridized carbons (Fsp3) is 0.625. The fourth-order valence-corrected chi connectivity index (χ4v) is 2.98. The molecule has 1 aliphatic heterocycles. The highest BCUT2D eigenvalue weighted by molar-refractivity contribution is 5.14. The van der Waals surface area contributed by atoms with Crippen LogP contribution < -0.4 is 0 Å². The molecular weight excluding hydrogens is 222 g/mol. The first-order valence-electron chi connectivity index (χ1n) is 7.22. The first kappa shape index (κ1) is 13.6. The Labute approximate surface area is 111 Å². The number of rotatable bonds is 6. The highest BCUT2D eigenvalue weighted by Gasteiger charge is 2.24. The minimum Gasteiger partial charge on any atom is -0.393 e. The van der Waals surface area contributed by atoms with E-state index in [1.54, 1.807) is 0 Å². The molecule has 18 heavy (non-hydrogen) atoms. The van der Waals surface area contributed by atoms with E-state index in [2.05, 4.69) is 35.2 Å². The van der Waals surface area contributed by atoms with Crippen LogP contribution in [-0.4, -0.2) is 35.2 Å². The number of hydrogen-bond donors (Lipinski definition) is 1. The van der Waals surface area contributed by atoms with Crippen molar-refractivity contribution in [1.29, 1.82) is 0 Å². The van der Waals surface area contributed by atoms with Crippen molar-refractivity contribution in [3.63, 3.8) is 0 Å². The number of aliphatic hydroxyl groups excluding tert-OH is 1. The Kier molecular flexibility index (Phi) is 5.21. The van der Waals surface area contributed by atoms with Gasteiger partial charge in [-0.2, -0.15) is 0 Å². The van der Waals surface area contributed by atoms with Gasteiger partial charge in [0, 0.05) is 6.04 Å². The molecule has 0 radical (unpaired) electrons. The largest absolute Gasteiger partial charge is 0.393 e. The van der Waals surface area contributed by atoms with Crippen LogP contribution in [0.25, 0.3) is 0 Å². The van der Waals surface area contributed by atoms with Gasteiger partial charge in [-0.05, 0) is 57.7 Å². The molecule has 1 heterocycles. The van der Waals surface area contributed by atoms with Crippen LogP contribution in [-0.2, 0) is 6.42 Å². The zero-order valence-corrected chi connectivity index (χ0v) is 11.4. The van der Waals surface area contributed by atoms with E-state index in [4.69, 9.17) is 0 Å². The van der Waals surface area contributed by atoms with Gasteiger partial charge in [0.15, 0.2) is 0 Å². The Bertz CT molecular complexity index is 336. The van der Waals surface area contributed by atoms with Gasteiger partial charge in [0.05, 0.1) is 6.10 Å². The molecule has 1 fully saturated rings. The van der Waals surface area contributed by atoms with Crippen LogP contribution in [0.15, 0.2) is 30.3 Å². The lowest BCUT2D eigenvalue weighted by Crippen LogP contribution is -2.32. The van der Waals surface area contributed by atoms with E-state index < -0.39 is 0 Å². The zero-order chi connectivity index (χ0) is 12.8. The van der Waals surface area contributed by atoms with Crippen LogP contribution in [0.2, 0.25) is 0 Å². The van der Waals surface area contributed by atoms with E-state index in [0.29, 0.717) is 6.04 Å². The van der Waals surface area contributed by atoms with Crippen molar-refractivity contribution in [1.82, 2.24) is 4.90 Å². The molecule has 0 bridgehead atoms. The molecule has 2 heteroatoms. The molecule has 2 rings (SSSR count). The van der Waals surface area contributed by atoms with Crippen LogP contribution in [0.5, 0.6) is 0 Å². The van der Waals surface area contributed by atoms with E-state index >= 15 is 0 Å². The van der Waals surface area contributed by atoms with Gasteiger partial charge in [-0.15, -0.1) is 0 Å². The van der Waals surface area contributed by atoms with Gasteiger partial charge < -0.3 is 10.0 Å². The number of aliphatic hydroxyl groups is 1. The van der Waals surface area contributed by atoms with E-state index in [1.165, 1.54) is 44.3 Å². The Balaban J connectivity index is 1.72. The van der Waals surface area contributed by atoms with Crippen molar-refractivity contribution in [3.8, 4) is 0 Å². The molecule has 1 N–H and O–H groups in total. The van der Waals surface area contributed by atoms with Gasteiger partial charge in [-0.25, -0.2) is 0 Å². The Morgan fingerprint density at radius 2 is 2.11 bits per heavy atom. The normalized spacial score (nSPS) is 22.2. The lowest BCUT2D eigenvalue weighted by molar-refractivity contribution is 0.133. The van der Waals surface area contributed by atoms with E-state index in [0.717, 1.165) is 6.42 Å². The molecule has 1 saturated heterocycles. The monoisotopic (exact) mass is 247 g/mol. The molecular formula is C16H25NO. The third-order valence-electron chi connectivity index (χ3n) is 3.87. The first-order valence-corrected chi connectivity index (χ1v) is 7.22. The minimum absolute atomic E-state index is 0.162. The predicted octanol–water partition coefficient (Wildman–Crippen LogP) is 2.85. The number of nitrogens with zero attached hydrogens (tertiary/aromatic N) is 1. The molecule has 0 aliphatic carbocycles. The predicted molar refractivity (Wildman–Crippen MR) is 75.7 cm³/mol. The maximum absolute atomic E-state index is 9.51. The summed E-state index contributed by atoms with van der Waals surface area (Å²) in [4.78, 5) is 2.57. The van der Waals surface area contributed by atoms with Crippen LogP contribution in [0.1, 0.15) is 38.2 Å². The molecule has 1 aromatic carbocycles. The number of hydrogen-bond acceptors (Lipinski definition) is 2. The summed E-state index contributed by atoms with van der Waals surface area (Å²) in [6.45, 7) is 4.29. The average Bonchev–Trinajstić information content (AvgIpc) is 2.77. The maximum atomic E-state index is 9.51. The second-order valence-corrected chi connectivity index (χ2v) is 5.51. The minimum atomic E-state index is -0.162. The molecule has 0 amide bonds.